The van der Waals surface area contributed by atoms with Crippen molar-refractivity contribution in [1.82, 2.24) is 19.7 Å². The first-order valence-electron chi connectivity index (χ1n) is 10.9. The summed E-state index contributed by atoms with van der Waals surface area (Å²) < 4.78 is 8.28. The van der Waals surface area contributed by atoms with Gasteiger partial charge in [0.15, 0.2) is 17.1 Å². The minimum atomic E-state index is -0.236. The normalized spacial score (nSPS) is 12.0. The van der Waals surface area contributed by atoms with Gasteiger partial charge < -0.3 is 4.74 Å². The number of allylic oxidation sites excluding steroid dienone is 1. The monoisotopic (exact) mass is 476 g/mol. The van der Waals surface area contributed by atoms with Crippen molar-refractivity contribution in [1.29, 1.82) is 0 Å². The fourth-order valence-electron chi connectivity index (χ4n) is 3.71. The highest BCUT2D eigenvalue weighted by atomic mass is 32.2. The summed E-state index contributed by atoms with van der Waals surface area (Å²) in [5, 5.41) is 12.9. The van der Waals surface area contributed by atoms with Gasteiger partial charge in [0, 0.05) is 23.2 Å². The molecule has 0 spiro atoms. The standard InChI is InChI=1S/C26H28N4OS2/c1-6-11-30-24(20(5)31-22-13-17(2)12-18(3)14-22)28-29-26(30)33-16-21-15-32-25(27-21)23-10-8-7-9-19(23)4/h6-10,12-15,20H,1,11,16H2,2-5H3. The lowest BCUT2D eigenvalue weighted by Gasteiger charge is -2.16. The molecule has 0 amide bonds. The fourth-order valence-corrected chi connectivity index (χ4v) is 5.58. The molecule has 2 aromatic heterocycles. The lowest BCUT2D eigenvalue weighted by Crippen LogP contribution is -2.12. The van der Waals surface area contributed by atoms with E-state index in [4.69, 9.17) is 9.72 Å². The van der Waals surface area contributed by atoms with Gasteiger partial charge >= 0.3 is 0 Å². The van der Waals surface area contributed by atoms with Gasteiger partial charge in [0.1, 0.15) is 10.8 Å². The lowest BCUT2D eigenvalue weighted by molar-refractivity contribution is 0.210. The molecule has 2 heterocycles. The molecule has 170 valence electrons. The smallest absolute Gasteiger partial charge is 0.192 e. The van der Waals surface area contributed by atoms with E-state index in [2.05, 4.69) is 77.8 Å². The number of hydrogen-bond acceptors (Lipinski definition) is 6. The Kier molecular flexibility index (Phi) is 7.30. The summed E-state index contributed by atoms with van der Waals surface area (Å²) in [7, 11) is 0. The Morgan fingerprint density at radius 3 is 2.61 bits per heavy atom. The molecule has 7 heteroatoms. The number of hydrogen-bond donors (Lipinski definition) is 0. The summed E-state index contributed by atoms with van der Waals surface area (Å²) in [6, 6.07) is 14.6. The molecule has 4 rings (SSSR count). The maximum atomic E-state index is 6.21. The van der Waals surface area contributed by atoms with Gasteiger partial charge in [-0.05, 0) is 56.5 Å². The molecule has 0 aliphatic rings. The van der Waals surface area contributed by atoms with E-state index >= 15 is 0 Å². The topological polar surface area (TPSA) is 52.8 Å². The van der Waals surface area contributed by atoms with Crippen molar-refractivity contribution in [3.63, 3.8) is 0 Å². The molecule has 0 saturated carbocycles. The predicted molar refractivity (Wildman–Crippen MR) is 137 cm³/mol. The summed E-state index contributed by atoms with van der Waals surface area (Å²) in [5.41, 5.74) is 5.81. The Morgan fingerprint density at radius 2 is 1.88 bits per heavy atom. The Hall–Kier alpha value is -2.90. The highest BCUT2D eigenvalue weighted by molar-refractivity contribution is 7.98. The summed E-state index contributed by atoms with van der Waals surface area (Å²) in [6.45, 7) is 12.8. The van der Waals surface area contributed by atoms with Crippen molar-refractivity contribution in [2.45, 2.75) is 51.3 Å². The average molecular weight is 477 g/mol. The molecule has 0 radical (unpaired) electrons. The molecule has 33 heavy (non-hydrogen) atoms. The van der Waals surface area contributed by atoms with E-state index < -0.39 is 0 Å². The number of nitrogens with zero attached hydrogens (tertiary/aromatic N) is 4. The Morgan fingerprint density at radius 1 is 1.12 bits per heavy atom. The number of rotatable bonds is 9. The van der Waals surface area contributed by atoms with E-state index in [1.165, 1.54) is 22.3 Å². The van der Waals surface area contributed by atoms with Crippen LogP contribution in [0.5, 0.6) is 5.75 Å². The maximum absolute atomic E-state index is 6.21. The Balaban J connectivity index is 1.49. The second-order valence-electron chi connectivity index (χ2n) is 8.07. The molecular formula is C26H28N4OS2. The van der Waals surface area contributed by atoms with Crippen molar-refractivity contribution in [3.8, 4) is 16.3 Å². The Labute approximate surface area is 203 Å². The van der Waals surface area contributed by atoms with E-state index in [-0.39, 0.29) is 6.10 Å². The van der Waals surface area contributed by atoms with Gasteiger partial charge in [-0.3, -0.25) is 4.57 Å². The van der Waals surface area contributed by atoms with Crippen LogP contribution in [0.3, 0.4) is 0 Å². The second-order valence-corrected chi connectivity index (χ2v) is 9.87. The van der Waals surface area contributed by atoms with Crippen LogP contribution >= 0.6 is 23.1 Å². The molecule has 0 aliphatic heterocycles. The van der Waals surface area contributed by atoms with E-state index in [1.807, 2.05) is 25.1 Å². The first-order chi connectivity index (χ1) is 15.9. The van der Waals surface area contributed by atoms with Gasteiger partial charge in [-0.2, -0.15) is 0 Å². The van der Waals surface area contributed by atoms with Gasteiger partial charge in [0.2, 0.25) is 0 Å². The third-order valence-electron chi connectivity index (χ3n) is 5.21. The van der Waals surface area contributed by atoms with Gasteiger partial charge in [0.05, 0.1) is 5.69 Å². The first-order valence-corrected chi connectivity index (χ1v) is 12.7. The molecule has 4 aromatic rings. The molecule has 0 bridgehead atoms. The summed E-state index contributed by atoms with van der Waals surface area (Å²) in [6.07, 6.45) is 1.62. The molecule has 0 saturated heterocycles. The largest absolute Gasteiger partial charge is 0.483 e. The summed E-state index contributed by atoms with van der Waals surface area (Å²) in [4.78, 5) is 4.84. The highest BCUT2D eigenvalue weighted by Crippen LogP contribution is 2.31. The van der Waals surface area contributed by atoms with Crippen LogP contribution in [0.25, 0.3) is 10.6 Å². The molecule has 1 atom stereocenters. The number of thiazole rings is 1. The molecule has 5 nitrogen and oxygen atoms in total. The van der Waals surface area contributed by atoms with Crippen LogP contribution < -0.4 is 4.74 Å². The van der Waals surface area contributed by atoms with Gasteiger partial charge in [-0.1, -0.05) is 48.2 Å². The van der Waals surface area contributed by atoms with Crippen molar-refractivity contribution >= 4 is 23.1 Å². The van der Waals surface area contributed by atoms with Crippen LogP contribution in [0.15, 0.2) is 65.7 Å². The SMILES string of the molecule is C=CCn1c(SCc2csc(-c3ccccc3C)n2)nnc1C(C)Oc1cc(C)cc(C)c1. The van der Waals surface area contributed by atoms with E-state index in [0.29, 0.717) is 6.54 Å². The zero-order chi connectivity index (χ0) is 23.4. The van der Waals surface area contributed by atoms with Crippen molar-refractivity contribution < 1.29 is 4.74 Å². The zero-order valence-electron chi connectivity index (χ0n) is 19.4. The number of aromatic nitrogens is 4. The quantitative estimate of drug-likeness (QED) is 0.193. The molecule has 0 aliphatic carbocycles. The number of benzene rings is 2. The number of thioether (sulfide) groups is 1. The minimum absolute atomic E-state index is 0.236. The predicted octanol–water partition coefficient (Wildman–Crippen LogP) is 6.95. The first kappa shape index (κ1) is 23.3. The Bertz CT molecular complexity index is 1240. The van der Waals surface area contributed by atoms with E-state index in [1.54, 1.807) is 23.1 Å². The molecule has 1 unspecified atom stereocenters. The van der Waals surface area contributed by atoms with Crippen molar-refractivity contribution in [2.75, 3.05) is 0 Å². The second kappa shape index (κ2) is 10.4. The molecule has 2 aromatic carbocycles. The fraction of sp³-hybridized carbons (Fsp3) is 0.269. The van der Waals surface area contributed by atoms with Gasteiger partial charge in [0.25, 0.3) is 0 Å². The zero-order valence-corrected chi connectivity index (χ0v) is 21.0. The van der Waals surface area contributed by atoms with Crippen LogP contribution in [0.4, 0.5) is 0 Å². The summed E-state index contributed by atoms with van der Waals surface area (Å²) in [5.74, 6) is 2.35. The minimum Gasteiger partial charge on any atom is -0.483 e. The summed E-state index contributed by atoms with van der Waals surface area (Å²) >= 11 is 3.31. The number of ether oxygens (including phenoxy) is 1. The van der Waals surface area contributed by atoms with E-state index in [9.17, 15) is 0 Å². The third kappa shape index (κ3) is 5.54. The van der Waals surface area contributed by atoms with Gasteiger partial charge in [-0.15, -0.1) is 28.1 Å². The highest BCUT2D eigenvalue weighted by Gasteiger charge is 2.20. The van der Waals surface area contributed by atoms with Crippen LogP contribution in [0, 0.1) is 20.8 Å². The van der Waals surface area contributed by atoms with Gasteiger partial charge in [-0.25, -0.2) is 4.98 Å². The molecular weight excluding hydrogens is 448 g/mol. The number of aryl methyl sites for hydroxylation is 3. The van der Waals surface area contributed by atoms with Crippen LogP contribution in [0.2, 0.25) is 0 Å². The van der Waals surface area contributed by atoms with Crippen LogP contribution in [-0.4, -0.2) is 19.7 Å². The van der Waals surface area contributed by atoms with Crippen molar-refractivity contribution in [2.24, 2.45) is 0 Å². The molecule has 0 N–H and O–H groups in total. The third-order valence-corrected chi connectivity index (χ3v) is 7.13. The lowest BCUT2D eigenvalue weighted by atomic mass is 10.1. The van der Waals surface area contributed by atoms with Crippen molar-refractivity contribution in [3.05, 3.63) is 88.7 Å². The van der Waals surface area contributed by atoms with Crippen LogP contribution in [0.1, 0.15) is 41.2 Å². The maximum Gasteiger partial charge on any atom is 0.192 e. The molecule has 0 fully saturated rings. The van der Waals surface area contributed by atoms with E-state index in [0.717, 1.165) is 33.2 Å². The van der Waals surface area contributed by atoms with Crippen LogP contribution in [-0.2, 0) is 12.3 Å². The average Bonchev–Trinajstić information content (AvgIpc) is 3.39.